The van der Waals surface area contributed by atoms with E-state index >= 15 is 0 Å². The fourth-order valence-corrected chi connectivity index (χ4v) is 4.07. The smallest absolute Gasteiger partial charge is 0.273 e. The Balaban J connectivity index is 1.46. The molecule has 0 spiro atoms. The number of anilines is 3. The molecule has 2 aromatic heterocycles. The third kappa shape index (κ3) is 4.96. The number of hydrogen-bond donors (Lipinski definition) is 3. The van der Waals surface area contributed by atoms with E-state index in [1.54, 1.807) is 13.2 Å². The van der Waals surface area contributed by atoms with Gasteiger partial charge in [-0.25, -0.2) is 9.97 Å². The Hall–Kier alpha value is -4.12. The Morgan fingerprint density at radius 2 is 1.89 bits per heavy atom. The normalized spacial score (nSPS) is 16.9. The highest BCUT2D eigenvalue weighted by molar-refractivity contribution is 6.00. The first kappa shape index (κ1) is 23.6. The van der Waals surface area contributed by atoms with Gasteiger partial charge in [0.05, 0.1) is 30.7 Å². The molecule has 3 heterocycles. The van der Waals surface area contributed by atoms with Crippen molar-refractivity contribution < 1.29 is 19.1 Å². The van der Waals surface area contributed by atoms with Gasteiger partial charge >= 0.3 is 0 Å². The molecule has 5 rings (SSSR count). The van der Waals surface area contributed by atoms with Crippen LogP contribution in [0.4, 0.5) is 17.2 Å². The molecule has 2 fully saturated rings. The molecule has 11 heteroatoms. The lowest BCUT2D eigenvalue weighted by molar-refractivity contribution is -0.117. The van der Waals surface area contributed by atoms with Gasteiger partial charge in [-0.3, -0.25) is 9.59 Å². The number of aromatic nitrogens is 4. The average molecular weight is 490 g/mol. The van der Waals surface area contributed by atoms with Crippen LogP contribution in [0.5, 0.6) is 5.75 Å². The van der Waals surface area contributed by atoms with Gasteiger partial charge in [0.1, 0.15) is 0 Å². The van der Waals surface area contributed by atoms with Gasteiger partial charge in [-0.1, -0.05) is 6.07 Å². The first-order chi connectivity index (χ1) is 17.6. The summed E-state index contributed by atoms with van der Waals surface area (Å²) in [6, 6.07) is 7.09. The van der Waals surface area contributed by atoms with Gasteiger partial charge in [-0.05, 0) is 37.0 Å². The van der Waals surface area contributed by atoms with Crippen molar-refractivity contribution in [2.75, 3.05) is 38.0 Å². The molecule has 0 radical (unpaired) electrons. The number of benzene rings is 1. The van der Waals surface area contributed by atoms with E-state index in [0.717, 1.165) is 31.4 Å². The summed E-state index contributed by atoms with van der Waals surface area (Å²) in [6.07, 6.45) is 6.34. The van der Waals surface area contributed by atoms with Crippen molar-refractivity contribution in [3.63, 3.8) is 0 Å². The molecule has 1 unspecified atom stereocenters. The average Bonchev–Trinajstić information content (AvgIpc) is 3.62. The summed E-state index contributed by atoms with van der Waals surface area (Å²) >= 11 is 0. The minimum Gasteiger partial charge on any atom is -0.494 e. The number of rotatable bonds is 8. The fourth-order valence-electron chi connectivity index (χ4n) is 4.07. The minimum absolute atomic E-state index is 0.00573. The SMILES string of the molecule is CNC(=O)c1nnc(NC(=O)C2CC2)cc1Nc1cccc(-c2ncc(C3CCOC3)cn2)c1OC. The Kier molecular flexibility index (Phi) is 6.72. The van der Waals surface area contributed by atoms with E-state index in [9.17, 15) is 9.59 Å². The van der Waals surface area contributed by atoms with E-state index in [0.29, 0.717) is 41.0 Å². The van der Waals surface area contributed by atoms with Crippen LogP contribution in [0.2, 0.25) is 0 Å². The van der Waals surface area contributed by atoms with Crippen LogP contribution in [0.1, 0.15) is 41.2 Å². The zero-order valence-corrected chi connectivity index (χ0v) is 20.1. The highest BCUT2D eigenvalue weighted by Crippen LogP contribution is 2.37. The Bertz CT molecular complexity index is 1270. The second-order valence-corrected chi connectivity index (χ2v) is 8.75. The van der Waals surface area contributed by atoms with Crippen LogP contribution in [-0.4, -0.2) is 59.4 Å². The lowest BCUT2D eigenvalue weighted by atomic mass is 10.0. The lowest BCUT2D eigenvalue weighted by Gasteiger charge is -2.16. The van der Waals surface area contributed by atoms with Crippen LogP contribution in [0.3, 0.4) is 0 Å². The third-order valence-electron chi connectivity index (χ3n) is 6.24. The summed E-state index contributed by atoms with van der Waals surface area (Å²) in [6.45, 7) is 1.43. The number of amides is 2. The Morgan fingerprint density at radius 1 is 1.08 bits per heavy atom. The molecule has 1 aromatic carbocycles. The molecular formula is C25H27N7O4. The van der Waals surface area contributed by atoms with Gasteiger partial charge in [-0.15, -0.1) is 10.2 Å². The summed E-state index contributed by atoms with van der Waals surface area (Å²) in [4.78, 5) is 33.8. The highest BCUT2D eigenvalue weighted by atomic mass is 16.5. The predicted octanol–water partition coefficient (Wildman–Crippen LogP) is 2.90. The molecule has 3 aromatic rings. The number of carbonyl (C=O) groups is 2. The summed E-state index contributed by atoms with van der Waals surface area (Å²) in [5, 5.41) is 16.6. The van der Waals surface area contributed by atoms with Crippen LogP contribution in [0.25, 0.3) is 11.4 Å². The maximum atomic E-state index is 12.5. The van der Waals surface area contributed by atoms with Crippen LogP contribution in [-0.2, 0) is 9.53 Å². The van der Waals surface area contributed by atoms with Crippen LogP contribution < -0.4 is 20.7 Å². The van der Waals surface area contributed by atoms with Crippen molar-refractivity contribution >= 4 is 29.0 Å². The van der Waals surface area contributed by atoms with E-state index in [4.69, 9.17) is 9.47 Å². The molecule has 2 amide bonds. The van der Waals surface area contributed by atoms with Gasteiger partial charge in [0.2, 0.25) is 5.91 Å². The number of ether oxygens (including phenoxy) is 2. The first-order valence-corrected chi connectivity index (χ1v) is 11.8. The second-order valence-electron chi connectivity index (χ2n) is 8.75. The standard InChI is InChI=1S/C25H27N7O4/c1-26-25(34)21-19(10-20(31-32-21)30-24(33)14-6-7-14)29-18-5-3-4-17(22(18)35-2)23-27-11-16(12-28-23)15-8-9-36-13-15/h3-5,10-12,14-15H,6-9,13H2,1-2H3,(H,26,34)(H2,29,30,31,33). The van der Waals surface area contributed by atoms with E-state index in [1.807, 2.05) is 30.6 Å². The van der Waals surface area contributed by atoms with Gasteiger partial charge < -0.3 is 25.4 Å². The summed E-state index contributed by atoms with van der Waals surface area (Å²) < 4.78 is 11.2. The van der Waals surface area contributed by atoms with Crippen LogP contribution >= 0.6 is 0 Å². The molecule has 1 aliphatic carbocycles. The molecule has 1 atom stereocenters. The molecule has 1 saturated heterocycles. The second kappa shape index (κ2) is 10.2. The zero-order chi connectivity index (χ0) is 25.1. The van der Waals surface area contributed by atoms with Crippen molar-refractivity contribution in [1.82, 2.24) is 25.5 Å². The molecule has 3 N–H and O–H groups in total. The van der Waals surface area contributed by atoms with Gasteiger partial charge in [0.25, 0.3) is 5.91 Å². The third-order valence-corrected chi connectivity index (χ3v) is 6.24. The number of methoxy groups -OCH3 is 1. The predicted molar refractivity (Wildman–Crippen MR) is 132 cm³/mol. The topological polar surface area (TPSA) is 140 Å². The molecule has 2 aliphatic rings. The summed E-state index contributed by atoms with van der Waals surface area (Å²) in [7, 11) is 3.07. The van der Waals surface area contributed by atoms with Gasteiger partial charge in [0, 0.05) is 44.0 Å². The van der Waals surface area contributed by atoms with Crippen molar-refractivity contribution in [2.45, 2.75) is 25.2 Å². The number of nitrogens with one attached hydrogen (secondary N) is 3. The van der Waals surface area contributed by atoms with Crippen molar-refractivity contribution in [2.24, 2.45) is 5.92 Å². The quantitative estimate of drug-likeness (QED) is 0.436. The largest absolute Gasteiger partial charge is 0.494 e. The highest BCUT2D eigenvalue weighted by Gasteiger charge is 2.30. The summed E-state index contributed by atoms with van der Waals surface area (Å²) in [5.74, 6) is 1.05. The number of nitrogens with zero attached hydrogens (tertiary/aromatic N) is 4. The van der Waals surface area contributed by atoms with Gasteiger partial charge in [0.15, 0.2) is 23.1 Å². The molecule has 1 aliphatic heterocycles. The van der Waals surface area contributed by atoms with E-state index in [1.165, 1.54) is 7.05 Å². The van der Waals surface area contributed by atoms with E-state index in [2.05, 4.69) is 36.1 Å². The first-order valence-electron chi connectivity index (χ1n) is 11.8. The van der Waals surface area contributed by atoms with Crippen LogP contribution in [0, 0.1) is 5.92 Å². The van der Waals surface area contributed by atoms with Crippen molar-refractivity contribution in [1.29, 1.82) is 0 Å². The molecular weight excluding hydrogens is 462 g/mol. The maximum Gasteiger partial charge on any atom is 0.273 e. The van der Waals surface area contributed by atoms with Crippen LogP contribution in [0.15, 0.2) is 36.7 Å². The molecule has 11 nitrogen and oxygen atoms in total. The maximum absolute atomic E-state index is 12.5. The zero-order valence-electron chi connectivity index (χ0n) is 20.1. The van der Waals surface area contributed by atoms with E-state index < -0.39 is 5.91 Å². The van der Waals surface area contributed by atoms with E-state index in [-0.39, 0.29) is 23.3 Å². The molecule has 0 bridgehead atoms. The monoisotopic (exact) mass is 489 g/mol. The molecule has 36 heavy (non-hydrogen) atoms. The van der Waals surface area contributed by atoms with Crippen molar-refractivity contribution in [3.05, 3.63) is 47.9 Å². The Morgan fingerprint density at radius 3 is 2.56 bits per heavy atom. The van der Waals surface area contributed by atoms with Crippen molar-refractivity contribution in [3.8, 4) is 17.1 Å². The summed E-state index contributed by atoms with van der Waals surface area (Å²) in [5.41, 5.74) is 2.74. The minimum atomic E-state index is -0.421. The number of hydrogen-bond acceptors (Lipinski definition) is 9. The Labute approximate surface area is 208 Å². The molecule has 186 valence electrons. The number of carbonyl (C=O) groups excluding carboxylic acids is 2. The molecule has 1 saturated carbocycles. The lowest BCUT2D eigenvalue weighted by Crippen LogP contribution is -2.22. The van der Waals surface area contributed by atoms with Gasteiger partial charge in [-0.2, -0.15) is 0 Å². The fraction of sp³-hybridized carbons (Fsp3) is 0.360. The number of para-hydroxylation sites is 1.